The number of aryl methyl sites for hydroxylation is 1. The van der Waals surface area contributed by atoms with E-state index in [2.05, 4.69) is 62.3 Å². The second-order valence-electron chi connectivity index (χ2n) is 13.4. The Balaban J connectivity index is 1.15. The zero-order valence-electron chi connectivity index (χ0n) is 25.9. The lowest BCUT2D eigenvalue weighted by molar-refractivity contribution is 0.0696. The van der Waals surface area contributed by atoms with Gasteiger partial charge in [-0.1, -0.05) is 19.1 Å². The van der Waals surface area contributed by atoms with Gasteiger partial charge in [0.15, 0.2) is 5.82 Å². The predicted molar refractivity (Wildman–Crippen MR) is 176 cm³/mol. The molecule has 3 atom stereocenters. The van der Waals surface area contributed by atoms with Crippen molar-refractivity contribution in [2.45, 2.75) is 45.2 Å². The van der Waals surface area contributed by atoms with Crippen LogP contribution < -0.4 is 4.74 Å². The number of fused-ring (bicyclic) bond motifs is 5. The van der Waals surface area contributed by atoms with Crippen LogP contribution in [-0.2, 0) is 13.6 Å². The van der Waals surface area contributed by atoms with Gasteiger partial charge in [0, 0.05) is 60.5 Å². The summed E-state index contributed by atoms with van der Waals surface area (Å²) in [5.41, 5.74) is 6.35. The molecule has 0 N–H and O–H groups in total. The van der Waals surface area contributed by atoms with Gasteiger partial charge in [0.1, 0.15) is 16.9 Å². The maximum Gasteiger partial charge on any atom is 0.254 e. The number of carbonyl (C=O) groups excluding carboxylic acids is 1. The van der Waals surface area contributed by atoms with Crippen molar-refractivity contribution in [3.05, 3.63) is 72.6 Å². The number of benzene rings is 2. The van der Waals surface area contributed by atoms with E-state index in [1.165, 1.54) is 19.3 Å². The highest BCUT2D eigenvalue weighted by Crippen LogP contribution is 2.44. The van der Waals surface area contributed by atoms with Crippen LogP contribution >= 0.6 is 0 Å². The Morgan fingerprint density at radius 2 is 1.82 bits per heavy atom. The number of hydrogen-bond donors (Lipinski definition) is 0. The number of aromatic nitrogens is 5. The Morgan fingerprint density at radius 3 is 2.60 bits per heavy atom. The van der Waals surface area contributed by atoms with Crippen molar-refractivity contribution >= 4 is 38.7 Å². The molecule has 45 heavy (non-hydrogen) atoms. The first-order chi connectivity index (χ1) is 22.0. The lowest BCUT2D eigenvalue weighted by atomic mass is 10.0. The number of hydrogen-bond acceptors (Lipinski definition) is 5. The van der Waals surface area contributed by atoms with Crippen LogP contribution in [0.3, 0.4) is 0 Å². The highest BCUT2D eigenvalue weighted by Gasteiger charge is 2.46. The van der Waals surface area contributed by atoms with E-state index in [4.69, 9.17) is 14.7 Å². The molecule has 3 unspecified atom stereocenters. The Labute approximate surface area is 261 Å². The molecule has 2 bridgehead atoms. The molecular weight excluding hydrogens is 560 g/mol. The number of amides is 1. The monoisotopic (exact) mass is 596 g/mol. The quantitative estimate of drug-likeness (QED) is 0.205. The zero-order chi connectivity index (χ0) is 30.4. The summed E-state index contributed by atoms with van der Waals surface area (Å²) in [7, 11) is 3.71. The van der Waals surface area contributed by atoms with Gasteiger partial charge >= 0.3 is 0 Å². The molecule has 2 saturated carbocycles. The van der Waals surface area contributed by atoms with Gasteiger partial charge in [0.05, 0.1) is 24.0 Å². The van der Waals surface area contributed by atoms with Gasteiger partial charge in [-0.05, 0) is 91.3 Å². The maximum absolute atomic E-state index is 13.8. The molecule has 6 aromatic rings. The van der Waals surface area contributed by atoms with Gasteiger partial charge in [-0.25, -0.2) is 9.97 Å². The van der Waals surface area contributed by atoms with Crippen LogP contribution in [0.25, 0.3) is 55.6 Å². The Bertz CT molecular complexity index is 2160. The summed E-state index contributed by atoms with van der Waals surface area (Å²) in [6.45, 7) is 4.05. The molecule has 1 amide bonds. The van der Waals surface area contributed by atoms with E-state index in [9.17, 15) is 4.79 Å². The number of piperidine rings is 1. The first-order valence-corrected chi connectivity index (χ1v) is 16.2. The summed E-state index contributed by atoms with van der Waals surface area (Å²) in [5, 5.41) is 3.36. The molecule has 8 nitrogen and oxygen atoms in total. The molecule has 2 aromatic carbocycles. The number of pyridine rings is 2. The van der Waals surface area contributed by atoms with E-state index < -0.39 is 0 Å². The van der Waals surface area contributed by atoms with E-state index >= 15 is 0 Å². The van der Waals surface area contributed by atoms with Crippen molar-refractivity contribution in [3.8, 4) is 28.5 Å². The van der Waals surface area contributed by atoms with Gasteiger partial charge in [-0.15, -0.1) is 0 Å². The summed E-state index contributed by atoms with van der Waals surface area (Å²) in [6, 6.07) is 19.2. The number of ether oxygens (including phenoxy) is 1. The van der Waals surface area contributed by atoms with Crippen molar-refractivity contribution in [2.24, 2.45) is 24.8 Å². The number of carbonyl (C=O) groups is 1. The van der Waals surface area contributed by atoms with Crippen LogP contribution in [0, 0.1) is 17.8 Å². The third-order valence-corrected chi connectivity index (χ3v) is 10.7. The fourth-order valence-corrected chi connectivity index (χ4v) is 7.99. The number of rotatable bonds is 6. The number of likely N-dealkylation sites (tertiary alicyclic amines) is 1. The van der Waals surface area contributed by atoms with Gasteiger partial charge in [-0.2, -0.15) is 0 Å². The molecule has 5 heterocycles. The largest absolute Gasteiger partial charge is 0.494 e. The molecule has 9 rings (SSSR count). The lowest BCUT2D eigenvalue weighted by Gasteiger charge is -2.27. The average molecular weight is 597 g/mol. The van der Waals surface area contributed by atoms with E-state index in [-0.39, 0.29) is 5.91 Å². The molecule has 3 fully saturated rings. The highest BCUT2D eigenvalue weighted by atomic mass is 16.5. The van der Waals surface area contributed by atoms with Crippen molar-refractivity contribution in [2.75, 3.05) is 13.7 Å². The van der Waals surface area contributed by atoms with Crippen molar-refractivity contribution in [3.63, 3.8) is 0 Å². The van der Waals surface area contributed by atoms with Crippen molar-refractivity contribution in [1.82, 2.24) is 29.0 Å². The second-order valence-corrected chi connectivity index (χ2v) is 13.4. The van der Waals surface area contributed by atoms with Crippen LogP contribution in [0.1, 0.15) is 43.0 Å². The number of methoxy groups -OCH3 is 1. The van der Waals surface area contributed by atoms with Crippen LogP contribution in [0.4, 0.5) is 0 Å². The van der Waals surface area contributed by atoms with Gasteiger partial charge < -0.3 is 18.8 Å². The summed E-state index contributed by atoms with van der Waals surface area (Å²) < 4.78 is 10.4. The summed E-state index contributed by atoms with van der Waals surface area (Å²) in [6.07, 6.45) is 8.52. The van der Waals surface area contributed by atoms with Gasteiger partial charge in [0.25, 0.3) is 5.91 Å². The first-order valence-electron chi connectivity index (χ1n) is 16.2. The third-order valence-electron chi connectivity index (χ3n) is 10.7. The normalized spacial score (nSPS) is 21.0. The predicted octanol–water partition coefficient (Wildman–Crippen LogP) is 7.09. The van der Waals surface area contributed by atoms with Crippen molar-refractivity contribution < 1.29 is 9.53 Å². The molecule has 0 spiro atoms. The molecule has 0 radical (unpaired) electrons. The summed E-state index contributed by atoms with van der Waals surface area (Å²) in [5.74, 6) is 3.44. The minimum atomic E-state index is 0.0889. The van der Waals surface area contributed by atoms with E-state index in [0.29, 0.717) is 35.1 Å². The molecule has 1 aliphatic heterocycles. The maximum atomic E-state index is 13.8. The van der Waals surface area contributed by atoms with Crippen LogP contribution in [-0.4, -0.2) is 54.6 Å². The summed E-state index contributed by atoms with van der Waals surface area (Å²) in [4.78, 5) is 30.6. The van der Waals surface area contributed by atoms with Crippen LogP contribution in [0.2, 0.25) is 0 Å². The molecule has 1 saturated heterocycles. The first kappa shape index (κ1) is 26.7. The van der Waals surface area contributed by atoms with Crippen molar-refractivity contribution in [1.29, 1.82) is 0 Å². The molecule has 8 heteroatoms. The number of nitrogens with zero attached hydrogens (tertiary/aromatic N) is 6. The number of imidazole rings is 1. The standard InChI is InChI=1S/C37H36N6O2/c1-21-27-9-11-31(21)43(20-27)37(44)28-15-30-34(33(17-28)45-3)41(2)36(40-30)32-16-25-8-10-29(39-35(25)42(32)19-22-4-5-22)24-6-7-26-18-38-13-12-23(26)14-24/h6-8,10,12-18,21-22,27,31H,4-5,9,11,19-20H2,1-3H3. The van der Waals surface area contributed by atoms with Crippen LogP contribution in [0.15, 0.2) is 67.0 Å². The molecule has 4 aromatic heterocycles. The SMILES string of the molecule is COc1cc(C(=O)N2CC3CCC2C3C)cc2nc(-c3cc4ccc(-c5ccc6cnccc6c5)nc4n3CC3CC3)n(C)c12. The van der Waals surface area contributed by atoms with E-state index in [1.807, 2.05) is 37.6 Å². The topological polar surface area (TPSA) is 78.1 Å². The average Bonchev–Trinajstić information content (AvgIpc) is 3.47. The Kier molecular flexibility index (Phi) is 5.86. The summed E-state index contributed by atoms with van der Waals surface area (Å²) >= 11 is 0. The fraction of sp³-hybridized carbons (Fsp3) is 0.351. The Morgan fingerprint density at radius 1 is 0.956 bits per heavy atom. The molecule has 226 valence electrons. The fourth-order valence-electron chi connectivity index (χ4n) is 7.99. The van der Waals surface area contributed by atoms with Crippen LogP contribution in [0.5, 0.6) is 5.75 Å². The third kappa shape index (κ3) is 4.18. The molecular formula is C37H36N6O2. The minimum Gasteiger partial charge on any atom is -0.494 e. The minimum absolute atomic E-state index is 0.0889. The second kappa shape index (κ2) is 9.89. The molecule has 3 aliphatic rings. The van der Waals surface area contributed by atoms with Gasteiger partial charge in [-0.3, -0.25) is 9.78 Å². The smallest absolute Gasteiger partial charge is 0.254 e. The zero-order valence-corrected chi connectivity index (χ0v) is 25.9. The Hall–Kier alpha value is -4.72. The highest BCUT2D eigenvalue weighted by molar-refractivity contribution is 6.00. The van der Waals surface area contributed by atoms with E-state index in [0.717, 1.165) is 75.1 Å². The lowest BCUT2D eigenvalue weighted by Crippen LogP contribution is -2.38. The molecule has 2 aliphatic carbocycles. The van der Waals surface area contributed by atoms with Gasteiger partial charge in [0.2, 0.25) is 0 Å². The van der Waals surface area contributed by atoms with E-state index in [1.54, 1.807) is 7.11 Å².